The zero-order chi connectivity index (χ0) is 14.5. The second kappa shape index (κ2) is 6.52. The minimum atomic E-state index is 0.113. The van der Waals surface area contributed by atoms with Crippen molar-refractivity contribution in [3.63, 3.8) is 0 Å². The number of hydrogen-bond donors (Lipinski definition) is 1. The molecule has 1 N–H and O–H groups in total. The molecule has 20 heavy (non-hydrogen) atoms. The first kappa shape index (κ1) is 14.5. The predicted molar refractivity (Wildman–Crippen MR) is 83.0 cm³/mol. The van der Waals surface area contributed by atoms with E-state index in [0.29, 0.717) is 6.42 Å². The van der Waals surface area contributed by atoms with E-state index in [0.717, 1.165) is 16.9 Å². The van der Waals surface area contributed by atoms with Crippen LogP contribution in [0, 0.1) is 0 Å². The Hall–Kier alpha value is -1.88. The Morgan fingerprint density at radius 3 is 2.60 bits per heavy atom. The van der Waals surface area contributed by atoms with Gasteiger partial charge in [-0.1, -0.05) is 12.1 Å². The lowest BCUT2D eigenvalue weighted by Gasteiger charge is -2.14. The molecule has 0 fully saturated rings. The van der Waals surface area contributed by atoms with E-state index in [1.165, 1.54) is 0 Å². The van der Waals surface area contributed by atoms with Crippen LogP contribution in [-0.4, -0.2) is 29.9 Å². The van der Waals surface area contributed by atoms with Gasteiger partial charge in [0, 0.05) is 25.2 Å². The average Bonchev–Trinajstić information content (AvgIpc) is 2.95. The van der Waals surface area contributed by atoms with Gasteiger partial charge < -0.3 is 10.2 Å². The number of hydrogen-bond acceptors (Lipinski definition) is 4. The summed E-state index contributed by atoms with van der Waals surface area (Å²) in [7, 11) is 3.54. The number of thiazole rings is 1. The third-order valence-electron chi connectivity index (χ3n) is 3.09. The SMILES string of the molecule is CC(Nc1ccc(CC(=O)N(C)C)cc1)c1cscn1. The summed E-state index contributed by atoms with van der Waals surface area (Å²) in [5, 5.41) is 5.44. The summed E-state index contributed by atoms with van der Waals surface area (Å²) in [6.07, 6.45) is 0.439. The number of carbonyl (C=O) groups excluding carboxylic acids is 1. The van der Waals surface area contributed by atoms with Gasteiger partial charge in [-0.2, -0.15) is 0 Å². The van der Waals surface area contributed by atoms with E-state index in [1.54, 1.807) is 30.3 Å². The fourth-order valence-electron chi connectivity index (χ4n) is 1.81. The van der Waals surface area contributed by atoms with E-state index < -0.39 is 0 Å². The smallest absolute Gasteiger partial charge is 0.226 e. The molecule has 4 nitrogen and oxygen atoms in total. The Morgan fingerprint density at radius 1 is 1.35 bits per heavy atom. The molecule has 1 unspecified atom stereocenters. The van der Waals surface area contributed by atoms with Crippen molar-refractivity contribution in [2.75, 3.05) is 19.4 Å². The molecule has 0 bridgehead atoms. The molecule has 1 atom stereocenters. The minimum Gasteiger partial charge on any atom is -0.377 e. The summed E-state index contributed by atoms with van der Waals surface area (Å²) in [6, 6.07) is 8.15. The van der Waals surface area contributed by atoms with Crippen LogP contribution in [0.3, 0.4) is 0 Å². The first-order chi connectivity index (χ1) is 9.56. The lowest BCUT2D eigenvalue weighted by Crippen LogP contribution is -2.23. The Labute approximate surface area is 123 Å². The van der Waals surface area contributed by atoms with Crippen molar-refractivity contribution in [3.8, 4) is 0 Å². The summed E-state index contributed by atoms with van der Waals surface area (Å²) in [5.41, 5.74) is 4.94. The van der Waals surface area contributed by atoms with E-state index >= 15 is 0 Å². The van der Waals surface area contributed by atoms with E-state index in [4.69, 9.17) is 0 Å². The summed E-state index contributed by atoms with van der Waals surface area (Å²) in [5.74, 6) is 0.113. The van der Waals surface area contributed by atoms with Crippen molar-refractivity contribution < 1.29 is 4.79 Å². The number of benzene rings is 1. The fraction of sp³-hybridized carbons (Fsp3) is 0.333. The van der Waals surface area contributed by atoms with Gasteiger partial charge in [0.15, 0.2) is 0 Å². The lowest BCUT2D eigenvalue weighted by molar-refractivity contribution is -0.127. The molecule has 5 heteroatoms. The van der Waals surface area contributed by atoms with Crippen LogP contribution in [0.2, 0.25) is 0 Å². The van der Waals surface area contributed by atoms with Gasteiger partial charge in [0.25, 0.3) is 0 Å². The zero-order valence-electron chi connectivity index (χ0n) is 12.0. The van der Waals surface area contributed by atoms with Crippen LogP contribution >= 0.6 is 11.3 Å². The monoisotopic (exact) mass is 289 g/mol. The molecule has 1 amide bonds. The first-order valence-corrected chi connectivity index (χ1v) is 7.44. The zero-order valence-corrected chi connectivity index (χ0v) is 12.8. The van der Waals surface area contributed by atoms with Gasteiger partial charge >= 0.3 is 0 Å². The number of nitrogens with one attached hydrogen (secondary N) is 1. The molecule has 0 aliphatic heterocycles. The van der Waals surface area contributed by atoms with E-state index in [2.05, 4.69) is 17.2 Å². The number of aromatic nitrogens is 1. The second-order valence-corrected chi connectivity index (χ2v) is 5.66. The number of nitrogens with zero attached hydrogens (tertiary/aromatic N) is 2. The molecule has 1 aromatic carbocycles. The Bertz CT molecular complexity index is 549. The van der Waals surface area contributed by atoms with Crippen LogP contribution in [-0.2, 0) is 11.2 Å². The molecule has 0 saturated carbocycles. The maximum atomic E-state index is 11.6. The number of amides is 1. The molecular formula is C15H19N3OS. The third-order valence-corrected chi connectivity index (χ3v) is 3.69. The van der Waals surface area contributed by atoms with Gasteiger partial charge in [-0.3, -0.25) is 4.79 Å². The number of likely N-dealkylation sites (N-methyl/N-ethyl adjacent to an activating group) is 1. The first-order valence-electron chi connectivity index (χ1n) is 6.50. The largest absolute Gasteiger partial charge is 0.377 e. The standard InChI is InChI=1S/C15H19N3OS/c1-11(14-9-20-10-16-14)17-13-6-4-12(5-7-13)8-15(19)18(2)3/h4-7,9-11,17H,8H2,1-3H3. The number of carbonyl (C=O) groups is 1. The van der Waals surface area contributed by atoms with Crippen LogP contribution in [0.5, 0.6) is 0 Å². The highest BCUT2D eigenvalue weighted by atomic mass is 32.1. The van der Waals surface area contributed by atoms with E-state index in [-0.39, 0.29) is 11.9 Å². The molecule has 0 aliphatic carbocycles. The Kier molecular flexibility index (Phi) is 4.74. The second-order valence-electron chi connectivity index (χ2n) is 4.94. The summed E-state index contributed by atoms with van der Waals surface area (Å²) in [6.45, 7) is 2.08. The number of anilines is 1. The predicted octanol–water partition coefficient (Wildman–Crippen LogP) is 2.95. The highest BCUT2D eigenvalue weighted by Gasteiger charge is 2.08. The van der Waals surface area contributed by atoms with Gasteiger partial charge in [-0.25, -0.2) is 4.98 Å². The molecule has 2 rings (SSSR count). The molecule has 0 aliphatic rings. The molecule has 106 valence electrons. The molecule has 0 spiro atoms. The van der Waals surface area contributed by atoms with Crippen molar-refractivity contribution in [1.29, 1.82) is 0 Å². The van der Waals surface area contributed by atoms with Crippen LogP contribution < -0.4 is 5.32 Å². The van der Waals surface area contributed by atoms with Crippen molar-refractivity contribution >= 4 is 22.9 Å². The fourth-order valence-corrected chi connectivity index (χ4v) is 2.46. The van der Waals surface area contributed by atoms with Gasteiger partial charge in [-0.05, 0) is 24.6 Å². The van der Waals surface area contributed by atoms with Crippen molar-refractivity contribution in [2.24, 2.45) is 0 Å². The van der Waals surface area contributed by atoms with Gasteiger partial charge in [-0.15, -0.1) is 11.3 Å². The lowest BCUT2D eigenvalue weighted by atomic mass is 10.1. The Balaban J connectivity index is 1.96. The third kappa shape index (κ3) is 3.81. The van der Waals surface area contributed by atoms with E-state index in [9.17, 15) is 4.79 Å². The Morgan fingerprint density at radius 2 is 2.05 bits per heavy atom. The maximum absolute atomic E-state index is 11.6. The quantitative estimate of drug-likeness (QED) is 0.920. The van der Waals surface area contributed by atoms with E-state index in [1.807, 2.05) is 35.2 Å². The highest BCUT2D eigenvalue weighted by Crippen LogP contribution is 2.19. The summed E-state index contributed by atoms with van der Waals surface area (Å²) < 4.78 is 0. The van der Waals surface area contributed by atoms with Crippen LogP contribution in [0.25, 0.3) is 0 Å². The molecular weight excluding hydrogens is 270 g/mol. The van der Waals surface area contributed by atoms with Gasteiger partial charge in [0.1, 0.15) is 0 Å². The van der Waals surface area contributed by atoms with Gasteiger partial charge in [0.2, 0.25) is 5.91 Å². The van der Waals surface area contributed by atoms with Crippen molar-refractivity contribution in [2.45, 2.75) is 19.4 Å². The summed E-state index contributed by atoms with van der Waals surface area (Å²) in [4.78, 5) is 17.5. The minimum absolute atomic E-state index is 0.113. The van der Waals surface area contributed by atoms with Crippen LogP contribution in [0.15, 0.2) is 35.2 Å². The summed E-state index contributed by atoms with van der Waals surface area (Å²) >= 11 is 1.60. The van der Waals surface area contributed by atoms with Crippen molar-refractivity contribution in [3.05, 3.63) is 46.4 Å². The van der Waals surface area contributed by atoms with Crippen molar-refractivity contribution in [1.82, 2.24) is 9.88 Å². The normalized spacial score (nSPS) is 11.9. The van der Waals surface area contributed by atoms with Crippen LogP contribution in [0.1, 0.15) is 24.2 Å². The molecule has 0 radical (unpaired) electrons. The highest BCUT2D eigenvalue weighted by molar-refractivity contribution is 7.07. The maximum Gasteiger partial charge on any atom is 0.226 e. The molecule has 0 saturated heterocycles. The molecule has 1 heterocycles. The van der Waals surface area contributed by atoms with Crippen LogP contribution in [0.4, 0.5) is 5.69 Å². The number of rotatable bonds is 5. The topological polar surface area (TPSA) is 45.2 Å². The molecule has 1 aromatic heterocycles. The van der Waals surface area contributed by atoms with Gasteiger partial charge in [0.05, 0.1) is 23.7 Å². The molecule has 2 aromatic rings. The average molecular weight is 289 g/mol.